The van der Waals surface area contributed by atoms with E-state index in [0.717, 1.165) is 38.8 Å². The minimum Gasteiger partial charge on any atom is -0.342 e. The van der Waals surface area contributed by atoms with Crippen LogP contribution in [0.15, 0.2) is 23.1 Å². The molecule has 0 unspecified atom stereocenters. The van der Waals surface area contributed by atoms with Crippen molar-refractivity contribution in [3.05, 3.63) is 33.9 Å². The Balaban J connectivity index is 1.62. The van der Waals surface area contributed by atoms with Crippen LogP contribution in [0.25, 0.3) is 0 Å². The third-order valence-corrected chi connectivity index (χ3v) is 7.76. The molecule has 2 aliphatic heterocycles. The summed E-state index contributed by atoms with van der Waals surface area (Å²) < 4.78 is 27.4. The molecule has 0 bridgehead atoms. The molecule has 1 aromatic carbocycles. The number of nitro benzene ring substituents is 1. The van der Waals surface area contributed by atoms with Crippen LogP contribution in [-0.2, 0) is 14.8 Å². The summed E-state index contributed by atoms with van der Waals surface area (Å²) in [5, 5.41) is 11.1. The van der Waals surface area contributed by atoms with E-state index in [9.17, 15) is 23.3 Å². The molecule has 0 spiro atoms. The van der Waals surface area contributed by atoms with Gasteiger partial charge in [-0.2, -0.15) is 4.31 Å². The number of sulfonamides is 1. The number of hydrogen-bond donors (Lipinski definition) is 0. The summed E-state index contributed by atoms with van der Waals surface area (Å²) >= 11 is 0. The van der Waals surface area contributed by atoms with Crippen LogP contribution < -0.4 is 0 Å². The monoisotopic (exact) mass is 424 g/mol. The Labute approximate surface area is 171 Å². The van der Waals surface area contributed by atoms with Gasteiger partial charge in [0.05, 0.1) is 16.4 Å². The standard InChI is InChI=1S/C19H28N4O5S/c1-16-17(23(25)26)7-6-8-18(16)29(27,28)22-13-11-20(12-14-22)15-19(24)21-9-4-2-3-5-10-21/h6-8H,2-5,9-15H2,1H3. The second-order valence-electron chi connectivity index (χ2n) is 7.63. The van der Waals surface area contributed by atoms with Crippen molar-refractivity contribution in [2.24, 2.45) is 0 Å². The Morgan fingerprint density at radius 3 is 2.24 bits per heavy atom. The van der Waals surface area contributed by atoms with E-state index in [0.29, 0.717) is 19.6 Å². The lowest BCUT2D eigenvalue weighted by atomic mass is 10.2. The van der Waals surface area contributed by atoms with Crippen LogP contribution >= 0.6 is 0 Å². The molecular formula is C19H28N4O5S. The fourth-order valence-corrected chi connectivity index (χ4v) is 5.62. The summed E-state index contributed by atoms with van der Waals surface area (Å²) in [5.74, 6) is 0.109. The van der Waals surface area contributed by atoms with Gasteiger partial charge in [0.1, 0.15) is 0 Å². The fraction of sp³-hybridized carbons (Fsp3) is 0.632. The van der Waals surface area contributed by atoms with Gasteiger partial charge in [-0.15, -0.1) is 0 Å². The Morgan fingerprint density at radius 2 is 1.66 bits per heavy atom. The van der Waals surface area contributed by atoms with Crippen molar-refractivity contribution in [2.45, 2.75) is 37.5 Å². The summed E-state index contributed by atoms with van der Waals surface area (Å²) in [6.07, 6.45) is 4.41. The lowest BCUT2D eigenvalue weighted by Gasteiger charge is -2.34. The van der Waals surface area contributed by atoms with Gasteiger partial charge in [0.25, 0.3) is 5.69 Å². The van der Waals surface area contributed by atoms with Crippen LogP contribution in [0.2, 0.25) is 0 Å². The zero-order valence-corrected chi connectivity index (χ0v) is 17.6. The van der Waals surface area contributed by atoms with Crippen molar-refractivity contribution in [1.82, 2.24) is 14.1 Å². The maximum atomic E-state index is 13.0. The van der Waals surface area contributed by atoms with Crippen molar-refractivity contribution in [3.63, 3.8) is 0 Å². The second kappa shape index (κ2) is 9.19. The lowest BCUT2D eigenvalue weighted by Crippen LogP contribution is -2.51. The van der Waals surface area contributed by atoms with Gasteiger partial charge in [0.15, 0.2) is 0 Å². The van der Waals surface area contributed by atoms with E-state index in [4.69, 9.17) is 0 Å². The largest absolute Gasteiger partial charge is 0.342 e. The molecule has 10 heteroatoms. The first-order valence-electron chi connectivity index (χ1n) is 10.0. The molecule has 0 atom stereocenters. The van der Waals surface area contributed by atoms with E-state index >= 15 is 0 Å². The topological polar surface area (TPSA) is 104 Å². The third kappa shape index (κ3) is 4.93. The van der Waals surface area contributed by atoms with Crippen LogP contribution in [0.5, 0.6) is 0 Å². The van der Waals surface area contributed by atoms with E-state index in [1.807, 2.05) is 9.80 Å². The zero-order valence-electron chi connectivity index (χ0n) is 16.7. The number of benzene rings is 1. The maximum Gasteiger partial charge on any atom is 0.273 e. The summed E-state index contributed by atoms with van der Waals surface area (Å²) in [5.41, 5.74) is -0.0518. The summed E-state index contributed by atoms with van der Waals surface area (Å²) in [4.78, 5) is 27.0. The van der Waals surface area contributed by atoms with Crippen molar-refractivity contribution in [3.8, 4) is 0 Å². The van der Waals surface area contributed by atoms with E-state index in [2.05, 4.69) is 0 Å². The van der Waals surface area contributed by atoms with E-state index in [1.165, 1.54) is 29.4 Å². The molecule has 29 heavy (non-hydrogen) atoms. The zero-order chi connectivity index (χ0) is 21.0. The Morgan fingerprint density at radius 1 is 1.03 bits per heavy atom. The van der Waals surface area contributed by atoms with Crippen LogP contribution in [-0.4, -0.2) is 79.2 Å². The predicted molar refractivity (Wildman–Crippen MR) is 108 cm³/mol. The molecule has 2 aliphatic rings. The predicted octanol–water partition coefficient (Wildman–Crippen LogP) is 1.61. The van der Waals surface area contributed by atoms with Crippen molar-refractivity contribution in [1.29, 1.82) is 0 Å². The Kier molecular flexibility index (Phi) is 6.86. The number of likely N-dealkylation sites (tertiary alicyclic amines) is 1. The van der Waals surface area contributed by atoms with Gasteiger partial charge in [-0.3, -0.25) is 19.8 Å². The van der Waals surface area contributed by atoms with Crippen molar-refractivity contribution >= 4 is 21.6 Å². The molecule has 160 valence electrons. The van der Waals surface area contributed by atoms with Crippen LogP contribution in [0.3, 0.4) is 0 Å². The number of amides is 1. The van der Waals surface area contributed by atoms with E-state index < -0.39 is 14.9 Å². The van der Waals surface area contributed by atoms with Gasteiger partial charge in [0.2, 0.25) is 15.9 Å². The highest BCUT2D eigenvalue weighted by molar-refractivity contribution is 7.89. The smallest absolute Gasteiger partial charge is 0.273 e. The molecule has 0 N–H and O–H groups in total. The lowest BCUT2D eigenvalue weighted by molar-refractivity contribution is -0.385. The molecule has 2 heterocycles. The minimum atomic E-state index is -3.82. The number of carbonyl (C=O) groups excluding carboxylic acids is 1. The molecule has 2 fully saturated rings. The van der Waals surface area contributed by atoms with Crippen LogP contribution in [0.4, 0.5) is 5.69 Å². The summed E-state index contributed by atoms with van der Waals surface area (Å²) in [7, 11) is -3.82. The van der Waals surface area contributed by atoms with Gasteiger partial charge in [0, 0.05) is 50.9 Å². The van der Waals surface area contributed by atoms with Crippen LogP contribution in [0.1, 0.15) is 31.2 Å². The summed E-state index contributed by atoms with van der Waals surface area (Å²) in [6, 6.07) is 4.11. The number of nitrogens with zero attached hydrogens (tertiary/aromatic N) is 4. The third-order valence-electron chi connectivity index (χ3n) is 5.72. The SMILES string of the molecule is Cc1c([N+](=O)[O-])cccc1S(=O)(=O)N1CCN(CC(=O)N2CCCCCC2)CC1. The van der Waals surface area contributed by atoms with Crippen LogP contribution in [0, 0.1) is 17.0 Å². The molecule has 1 aromatic rings. The maximum absolute atomic E-state index is 13.0. The summed E-state index contributed by atoms with van der Waals surface area (Å²) in [6.45, 7) is 4.83. The number of carbonyl (C=O) groups is 1. The average Bonchev–Trinajstić information content (AvgIpc) is 2.98. The van der Waals surface area contributed by atoms with E-state index in [1.54, 1.807) is 0 Å². The van der Waals surface area contributed by atoms with Gasteiger partial charge < -0.3 is 4.90 Å². The molecule has 3 rings (SSSR count). The minimum absolute atomic E-state index is 0.0270. The molecule has 0 radical (unpaired) electrons. The molecule has 2 saturated heterocycles. The molecule has 0 aromatic heterocycles. The molecule has 9 nitrogen and oxygen atoms in total. The van der Waals surface area contributed by atoms with Crippen molar-refractivity contribution < 1.29 is 18.1 Å². The first-order chi connectivity index (χ1) is 13.8. The number of nitro groups is 1. The normalized spacial score (nSPS) is 19.7. The highest BCUT2D eigenvalue weighted by Crippen LogP contribution is 2.27. The van der Waals surface area contributed by atoms with Gasteiger partial charge >= 0.3 is 0 Å². The molecule has 0 saturated carbocycles. The first kappa shape index (κ1) is 21.7. The Bertz CT molecular complexity index is 857. The molecule has 1 amide bonds. The van der Waals surface area contributed by atoms with Gasteiger partial charge in [-0.1, -0.05) is 18.9 Å². The average molecular weight is 425 g/mol. The number of rotatable bonds is 5. The van der Waals surface area contributed by atoms with Crippen molar-refractivity contribution in [2.75, 3.05) is 45.8 Å². The fourth-order valence-electron chi connectivity index (χ4n) is 3.96. The quantitative estimate of drug-likeness (QED) is 0.525. The first-order valence-corrected chi connectivity index (χ1v) is 11.5. The Hall–Kier alpha value is -2.04. The molecular weight excluding hydrogens is 396 g/mol. The number of hydrogen-bond acceptors (Lipinski definition) is 6. The molecule has 0 aliphatic carbocycles. The highest BCUT2D eigenvalue weighted by atomic mass is 32.2. The number of piperazine rings is 1. The highest BCUT2D eigenvalue weighted by Gasteiger charge is 2.32. The second-order valence-corrected chi connectivity index (χ2v) is 9.54. The van der Waals surface area contributed by atoms with E-state index in [-0.39, 0.29) is 35.1 Å². The van der Waals surface area contributed by atoms with Gasteiger partial charge in [-0.25, -0.2) is 8.42 Å². The van der Waals surface area contributed by atoms with Gasteiger partial charge in [-0.05, 0) is 25.8 Å².